The molecule has 0 N–H and O–H groups in total. The first-order valence-corrected chi connectivity index (χ1v) is 8.43. The van der Waals surface area contributed by atoms with E-state index in [0.29, 0.717) is 17.9 Å². The number of aliphatic imine (C=N–C) groups is 1. The number of nitrogens with zero attached hydrogens (tertiary/aromatic N) is 1. The first-order valence-electron chi connectivity index (χ1n) is 7.51. The van der Waals surface area contributed by atoms with Crippen LogP contribution in [-0.2, 0) is 14.3 Å². The normalized spacial score (nSPS) is 22.4. The third-order valence-corrected chi connectivity index (χ3v) is 4.07. The van der Waals surface area contributed by atoms with Gasteiger partial charge in [0.15, 0.2) is 0 Å². The average molecular weight is 378 g/mol. The highest BCUT2D eigenvalue weighted by Crippen LogP contribution is 2.25. The van der Waals surface area contributed by atoms with Crippen LogP contribution in [0.3, 0.4) is 0 Å². The van der Waals surface area contributed by atoms with E-state index in [1.165, 1.54) is 6.08 Å². The Morgan fingerprint density at radius 3 is 2.64 bits per heavy atom. The summed E-state index contributed by atoms with van der Waals surface area (Å²) < 4.78 is 24.0. The van der Waals surface area contributed by atoms with Crippen molar-refractivity contribution in [3.63, 3.8) is 0 Å². The Bertz CT molecular complexity index is 437. The van der Waals surface area contributed by atoms with Gasteiger partial charge in [0.2, 0.25) is 0 Å². The Labute approximate surface area is 140 Å². The van der Waals surface area contributed by atoms with E-state index in [1.807, 2.05) is 0 Å². The smallest absolute Gasteiger partial charge is 0.324 e. The third kappa shape index (κ3) is 5.80. The summed E-state index contributed by atoms with van der Waals surface area (Å²) in [5, 5.41) is 0. The molecule has 0 bridgehead atoms. The van der Waals surface area contributed by atoms with Crippen LogP contribution >= 0.6 is 15.9 Å². The first-order chi connectivity index (χ1) is 10.3. The second-order valence-corrected chi connectivity index (χ2v) is 7.09. The summed E-state index contributed by atoms with van der Waals surface area (Å²) in [5.41, 5.74) is 0.505. The minimum Gasteiger partial charge on any atom is -0.459 e. The summed E-state index contributed by atoms with van der Waals surface area (Å²) in [6.45, 7) is 5.37. The molecule has 0 aromatic rings. The van der Waals surface area contributed by atoms with E-state index in [4.69, 9.17) is 9.47 Å². The van der Waals surface area contributed by atoms with E-state index in [9.17, 15) is 9.18 Å². The van der Waals surface area contributed by atoms with Crippen molar-refractivity contribution in [1.29, 1.82) is 0 Å². The number of rotatable bonds is 5. The van der Waals surface area contributed by atoms with Gasteiger partial charge in [-0.05, 0) is 51.7 Å². The number of carbonyl (C=O) groups excluding carboxylic acids is 1. The molecule has 0 aromatic carbocycles. The Hall–Kier alpha value is -0.750. The minimum atomic E-state index is -0.758. The average Bonchev–Trinajstić information content (AvgIpc) is 2.45. The van der Waals surface area contributed by atoms with E-state index >= 15 is 0 Å². The maximum atomic E-state index is 12.9. The fraction of sp³-hybridized carbons (Fsp3) is 0.750. The number of allylic oxidation sites excluding steroid dienone is 1. The lowest BCUT2D eigenvalue weighted by atomic mass is 9.96. The van der Waals surface area contributed by atoms with Crippen molar-refractivity contribution >= 4 is 27.6 Å². The van der Waals surface area contributed by atoms with Crippen LogP contribution in [-0.4, -0.2) is 48.5 Å². The second kappa shape index (κ2) is 8.77. The Morgan fingerprint density at radius 1 is 1.50 bits per heavy atom. The summed E-state index contributed by atoms with van der Waals surface area (Å²) in [7, 11) is 1.63. The van der Waals surface area contributed by atoms with Gasteiger partial charge in [0.25, 0.3) is 0 Å². The molecule has 1 fully saturated rings. The van der Waals surface area contributed by atoms with Crippen molar-refractivity contribution in [2.45, 2.75) is 56.6 Å². The first kappa shape index (κ1) is 19.3. The quantitative estimate of drug-likeness (QED) is 0.417. The molecule has 1 aliphatic rings. The molecule has 0 aliphatic carbocycles. The van der Waals surface area contributed by atoms with Gasteiger partial charge in [-0.2, -0.15) is 0 Å². The lowest BCUT2D eigenvalue weighted by Gasteiger charge is -2.28. The van der Waals surface area contributed by atoms with Gasteiger partial charge in [0.05, 0.1) is 11.8 Å². The van der Waals surface area contributed by atoms with Crippen LogP contribution in [0.4, 0.5) is 4.39 Å². The number of ether oxygens (including phenoxy) is 2. The van der Waals surface area contributed by atoms with Gasteiger partial charge in [0.1, 0.15) is 17.1 Å². The minimum absolute atomic E-state index is 0.195. The van der Waals surface area contributed by atoms with Crippen molar-refractivity contribution in [2.24, 2.45) is 4.99 Å². The monoisotopic (exact) mass is 377 g/mol. The second-order valence-electron chi connectivity index (χ2n) is 6.17. The van der Waals surface area contributed by atoms with Crippen molar-refractivity contribution in [1.82, 2.24) is 0 Å². The molecule has 1 rings (SSSR count). The number of hydrogen-bond donors (Lipinski definition) is 0. The van der Waals surface area contributed by atoms with E-state index in [1.54, 1.807) is 27.8 Å². The topological polar surface area (TPSA) is 47.9 Å². The zero-order chi connectivity index (χ0) is 16.8. The maximum Gasteiger partial charge on any atom is 0.324 e. The molecule has 0 amide bonds. The van der Waals surface area contributed by atoms with Gasteiger partial charge in [-0.1, -0.05) is 15.9 Å². The van der Waals surface area contributed by atoms with Gasteiger partial charge >= 0.3 is 5.97 Å². The lowest BCUT2D eigenvalue weighted by molar-refractivity contribution is -0.153. The molecule has 22 heavy (non-hydrogen) atoms. The highest BCUT2D eigenvalue weighted by molar-refractivity contribution is 9.10. The molecule has 2 atom stereocenters. The van der Waals surface area contributed by atoms with Gasteiger partial charge < -0.3 is 9.47 Å². The molecule has 1 aliphatic heterocycles. The number of alkyl halides is 2. The summed E-state index contributed by atoms with van der Waals surface area (Å²) in [4.78, 5) is 15.7. The van der Waals surface area contributed by atoms with E-state index in [0.717, 1.165) is 19.3 Å². The fourth-order valence-corrected chi connectivity index (χ4v) is 2.83. The molecule has 0 saturated carbocycles. The summed E-state index contributed by atoms with van der Waals surface area (Å²) in [6.07, 6.45) is 4.04. The van der Waals surface area contributed by atoms with Crippen molar-refractivity contribution in [2.75, 3.05) is 20.3 Å². The van der Waals surface area contributed by atoms with Crippen LogP contribution in [0.15, 0.2) is 16.6 Å². The zero-order valence-corrected chi connectivity index (χ0v) is 15.3. The van der Waals surface area contributed by atoms with Gasteiger partial charge in [-0.15, -0.1) is 0 Å². The van der Waals surface area contributed by atoms with Crippen LogP contribution in [0.25, 0.3) is 0 Å². The molecule has 1 heterocycles. The van der Waals surface area contributed by atoms with E-state index in [-0.39, 0.29) is 6.10 Å². The molecule has 0 spiro atoms. The number of halogens is 2. The SMILES string of the molecule is CN=C(/C(=C\CF)C(Br)C(=O)OC(C)(C)C)C1CCCCO1. The van der Waals surface area contributed by atoms with E-state index < -0.39 is 23.1 Å². The summed E-state index contributed by atoms with van der Waals surface area (Å²) in [5.74, 6) is -0.454. The van der Waals surface area contributed by atoms with Gasteiger partial charge in [-0.3, -0.25) is 9.79 Å². The molecule has 2 unspecified atom stereocenters. The molecular formula is C16H25BrFNO3. The zero-order valence-electron chi connectivity index (χ0n) is 13.7. The molecular weight excluding hydrogens is 353 g/mol. The fourth-order valence-electron chi connectivity index (χ4n) is 2.32. The van der Waals surface area contributed by atoms with Crippen molar-refractivity contribution in [3.05, 3.63) is 11.6 Å². The summed E-state index contributed by atoms with van der Waals surface area (Å²) in [6, 6.07) is 0. The van der Waals surface area contributed by atoms with E-state index in [2.05, 4.69) is 20.9 Å². The Kier molecular flexibility index (Phi) is 7.69. The van der Waals surface area contributed by atoms with Crippen molar-refractivity contribution < 1.29 is 18.7 Å². The van der Waals surface area contributed by atoms with Crippen LogP contribution in [0.5, 0.6) is 0 Å². The third-order valence-electron chi connectivity index (χ3n) is 3.21. The summed E-state index contributed by atoms with van der Waals surface area (Å²) >= 11 is 3.33. The highest BCUT2D eigenvalue weighted by Gasteiger charge is 2.32. The molecule has 6 heteroatoms. The maximum absolute atomic E-state index is 12.9. The molecule has 0 aromatic heterocycles. The van der Waals surface area contributed by atoms with Gasteiger partial charge in [-0.25, -0.2) is 4.39 Å². The predicted octanol–water partition coefficient (Wildman–Crippen LogP) is 3.63. The van der Waals surface area contributed by atoms with Gasteiger partial charge in [0, 0.05) is 13.7 Å². The predicted molar refractivity (Wildman–Crippen MR) is 89.6 cm³/mol. The van der Waals surface area contributed by atoms with Crippen molar-refractivity contribution in [3.8, 4) is 0 Å². The number of carbonyl (C=O) groups is 1. The number of esters is 1. The molecule has 126 valence electrons. The van der Waals surface area contributed by atoms with Crippen LogP contribution in [0.2, 0.25) is 0 Å². The highest BCUT2D eigenvalue weighted by atomic mass is 79.9. The molecule has 4 nitrogen and oxygen atoms in total. The molecule has 1 saturated heterocycles. The molecule has 0 radical (unpaired) electrons. The Morgan fingerprint density at radius 2 is 2.18 bits per heavy atom. The Balaban J connectivity index is 2.95. The van der Waals surface area contributed by atoms with Crippen LogP contribution in [0, 0.1) is 0 Å². The van der Waals surface area contributed by atoms with Crippen LogP contribution < -0.4 is 0 Å². The number of hydrogen-bond acceptors (Lipinski definition) is 4. The largest absolute Gasteiger partial charge is 0.459 e. The van der Waals surface area contributed by atoms with Crippen LogP contribution in [0.1, 0.15) is 40.0 Å². The standard InChI is InChI=1S/C16H25BrFNO3/c1-16(2,3)22-15(20)13(17)11(8-9-18)14(19-4)12-7-5-6-10-21-12/h8,12-13H,5-7,9-10H2,1-4H3/b11-8-,19-14?. The lowest BCUT2D eigenvalue weighted by Crippen LogP contribution is -2.36.